The number of phenols is 1. The number of hydrogen-bond donors (Lipinski definition) is 2. The fraction of sp³-hybridized carbons (Fsp3) is 0.400. The van der Waals surface area contributed by atoms with Crippen LogP contribution in [0, 0.1) is 5.92 Å². The van der Waals surface area contributed by atoms with Crippen LogP contribution in [0.5, 0.6) is 5.75 Å². The van der Waals surface area contributed by atoms with Crippen LogP contribution in [0.2, 0.25) is 0 Å². The first-order valence-corrected chi connectivity index (χ1v) is 6.30. The van der Waals surface area contributed by atoms with Gasteiger partial charge in [0.2, 0.25) is 5.91 Å². The lowest BCUT2D eigenvalue weighted by molar-refractivity contribution is -0.124. The van der Waals surface area contributed by atoms with Gasteiger partial charge < -0.3 is 10.4 Å². The minimum atomic E-state index is -0.0792. The number of phenolic OH excluding ortho intramolecular Hbond substituents is 1. The van der Waals surface area contributed by atoms with E-state index in [0.29, 0.717) is 13.0 Å². The second kappa shape index (κ2) is 9.28. The molecule has 3 nitrogen and oxygen atoms in total. The Morgan fingerprint density at radius 2 is 1.94 bits per heavy atom. The van der Waals surface area contributed by atoms with E-state index in [1.165, 1.54) is 0 Å². The number of carbonyl (C=O) groups excluding carboxylic acids is 1. The highest BCUT2D eigenvalue weighted by Crippen LogP contribution is 2.13. The maximum atomic E-state index is 11.6. The Hall–Kier alpha value is -1.77. The Bertz CT molecular complexity index is 357. The van der Waals surface area contributed by atoms with E-state index in [0.717, 1.165) is 5.56 Å². The summed E-state index contributed by atoms with van der Waals surface area (Å²) in [6.07, 6.45) is 2.33. The number of hydrogen-bond acceptors (Lipinski definition) is 2. The summed E-state index contributed by atoms with van der Waals surface area (Å²) < 4.78 is 0. The highest BCUT2D eigenvalue weighted by atomic mass is 16.3. The molecule has 2 N–H and O–H groups in total. The smallest absolute Gasteiger partial charge is 0.223 e. The zero-order chi connectivity index (χ0) is 14.0. The molecule has 0 aliphatic heterocycles. The molecule has 0 saturated heterocycles. The molecule has 1 rings (SSSR count). The fourth-order valence-corrected chi connectivity index (χ4v) is 1.43. The lowest BCUT2D eigenvalue weighted by atomic mass is 10.0. The van der Waals surface area contributed by atoms with Crippen LogP contribution in [0.1, 0.15) is 26.3 Å². The Morgan fingerprint density at radius 3 is 2.44 bits per heavy atom. The van der Waals surface area contributed by atoms with Gasteiger partial charge in [-0.05, 0) is 24.1 Å². The number of nitrogens with one attached hydrogen (secondary N) is 1. The van der Waals surface area contributed by atoms with Crippen molar-refractivity contribution in [2.45, 2.75) is 27.2 Å². The van der Waals surface area contributed by atoms with E-state index < -0.39 is 0 Å². The minimum absolute atomic E-state index is 0.0213. The molecule has 1 aromatic carbocycles. The van der Waals surface area contributed by atoms with E-state index in [4.69, 9.17) is 5.11 Å². The molecule has 18 heavy (non-hydrogen) atoms. The van der Waals surface area contributed by atoms with Crippen molar-refractivity contribution < 1.29 is 9.90 Å². The van der Waals surface area contributed by atoms with E-state index in [1.54, 1.807) is 18.2 Å². The molecule has 100 valence electrons. The molecule has 0 heterocycles. The van der Waals surface area contributed by atoms with Crippen LogP contribution < -0.4 is 5.32 Å². The molecule has 0 spiro atoms. The predicted molar refractivity (Wildman–Crippen MR) is 75.5 cm³/mol. The van der Waals surface area contributed by atoms with Crippen LogP contribution in [0.25, 0.3) is 0 Å². The minimum Gasteiger partial charge on any atom is -0.508 e. The van der Waals surface area contributed by atoms with Gasteiger partial charge in [-0.25, -0.2) is 0 Å². The average molecular weight is 249 g/mol. The number of amides is 1. The standard InChI is InChI=1S/C13H17NO2.C2H6/c1-3-8-14-13(16)10(2)9-11-4-6-12(15)7-5-11;1-2/h3-7,10,15H,1,8-9H2,2H3,(H,14,16);1-2H3/t10-;/m0./s1. The highest BCUT2D eigenvalue weighted by Gasteiger charge is 2.12. The van der Waals surface area contributed by atoms with E-state index in [2.05, 4.69) is 11.9 Å². The molecule has 0 radical (unpaired) electrons. The van der Waals surface area contributed by atoms with Crippen molar-refractivity contribution >= 4 is 5.91 Å². The van der Waals surface area contributed by atoms with Crippen LogP contribution in [0.3, 0.4) is 0 Å². The van der Waals surface area contributed by atoms with Crippen molar-refractivity contribution in [2.24, 2.45) is 5.92 Å². The normalized spacial score (nSPS) is 10.8. The second-order valence-corrected chi connectivity index (χ2v) is 3.81. The predicted octanol–water partition coefficient (Wildman–Crippen LogP) is 2.90. The van der Waals surface area contributed by atoms with Crippen molar-refractivity contribution in [1.29, 1.82) is 0 Å². The van der Waals surface area contributed by atoms with E-state index in [-0.39, 0.29) is 17.6 Å². The third-order valence-corrected chi connectivity index (χ3v) is 2.35. The van der Waals surface area contributed by atoms with Crippen molar-refractivity contribution in [3.8, 4) is 5.75 Å². The second-order valence-electron chi connectivity index (χ2n) is 3.81. The SMILES string of the molecule is C=CCNC(=O)[C@@H](C)Cc1ccc(O)cc1.CC. The summed E-state index contributed by atoms with van der Waals surface area (Å²) in [4.78, 5) is 11.6. The van der Waals surface area contributed by atoms with Crippen LogP contribution in [-0.2, 0) is 11.2 Å². The van der Waals surface area contributed by atoms with Gasteiger partial charge in [0.1, 0.15) is 5.75 Å². The number of carbonyl (C=O) groups is 1. The first kappa shape index (κ1) is 16.2. The Labute approximate surface area is 110 Å². The molecule has 0 unspecified atom stereocenters. The first-order chi connectivity index (χ1) is 8.63. The van der Waals surface area contributed by atoms with Gasteiger partial charge in [0.15, 0.2) is 0 Å². The van der Waals surface area contributed by atoms with Crippen molar-refractivity contribution in [1.82, 2.24) is 5.32 Å². The number of benzene rings is 1. The Kier molecular flexibility index (Phi) is 8.37. The zero-order valence-electron chi connectivity index (χ0n) is 11.4. The molecule has 0 fully saturated rings. The maximum Gasteiger partial charge on any atom is 0.223 e. The first-order valence-electron chi connectivity index (χ1n) is 6.30. The van der Waals surface area contributed by atoms with Gasteiger partial charge in [-0.15, -0.1) is 6.58 Å². The molecule has 1 atom stereocenters. The maximum absolute atomic E-state index is 11.6. The molecule has 0 saturated carbocycles. The molecule has 0 bridgehead atoms. The number of aromatic hydroxyl groups is 1. The van der Waals surface area contributed by atoms with Gasteiger partial charge in [-0.1, -0.05) is 39.0 Å². The van der Waals surface area contributed by atoms with Gasteiger partial charge in [-0.3, -0.25) is 4.79 Å². The largest absolute Gasteiger partial charge is 0.508 e. The van der Waals surface area contributed by atoms with Gasteiger partial charge in [0.25, 0.3) is 0 Å². The molecular formula is C15H23NO2. The van der Waals surface area contributed by atoms with Gasteiger partial charge in [0, 0.05) is 12.5 Å². The molecule has 0 aliphatic rings. The molecule has 1 aromatic rings. The summed E-state index contributed by atoms with van der Waals surface area (Å²) in [5.74, 6) is 0.185. The lowest BCUT2D eigenvalue weighted by Gasteiger charge is -2.11. The zero-order valence-corrected chi connectivity index (χ0v) is 11.4. The quantitative estimate of drug-likeness (QED) is 0.788. The summed E-state index contributed by atoms with van der Waals surface area (Å²) in [6.45, 7) is 9.92. The monoisotopic (exact) mass is 249 g/mol. The topological polar surface area (TPSA) is 49.3 Å². The van der Waals surface area contributed by atoms with E-state index in [1.807, 2.05) is 32.9 Å². The molecule has 1 amide bonds. The summed E-state index contributed by atoms with van der Waals surface area (Å²) in [5, 5.41) is 11.9. The van der Waals surface area contributed by atoms with E-state index >= 15 is 0 Å². The van der Waals surface area contributed by atoms with Crippen LogP contribution in [0.15, 0.2) is 36.9 Å². The van der Waals surface area contributed by atoms with E-state index in [9.17, 15) is 4.79 Å². The summed E-state index contributed by atoms with van der Waals surface area (Å²) in [6, 6.07) is 6.91. The summed E-state index contributed by atoms with van der Waals surface area (Å²) in [7, 11) is 0. The highest BCUT2D eigenvalue weighted by molar-refractivity contribution is 5.78. The average Bonchev–Trinajstić information content (AvgIpc) is 2.40. The fourth-order valence-electron chi connectivity index (χ4n) is 1.43. The molecule has 0 aromatic heterocycles. The van der Waals surface area contributed by atoms with Crippen molar-refractivity contribution in [3.63, 3.8) is 0 Å². The van der Waals surface area contributed by atoms with Gasteiger partial charge in [0.05, 0.1) is 0 Å². The van der Waals surface area contributed by atoms with Crippen LogP contribution in [0.4, 0.5) is 0 Å². The summed E-state index contributed by atoms with van der Waals surface area (Å²) in [5.41, 5.74) is 1.04. The Balaban J connectivity index is 0.00000137. The van der Waals surface area contributed by atoms with Gasteiger partial charge >= 0.3 is 0 Å². The van der Waals surface area contributed by atoms with Gasteiger partial charge in [-0.2, -0.15) is 0 Å². The molecule has 3 heteroatoms. The van der Waals surface area contributed by atoms with Crippen LogP contribution in [-0.4, -0.2) is 17.6 Å². The third-order valence-electron chi connectivity index (χ3n) is 2.35. The van der Waals surface area contributed by atoms with Crippen LogP contribution >= 0.6 is 0 Å². The summed E-state index contributed by atoms with van der Waals surface area (Å²) >= 11 is 0. The van der Waals surface area contributed by atoms with Crippen molar-refractivity contribution in [3.05, 3.63) is 42.5 Å². The molecule has 0 aliphatic carbocycles. The third kappa shape index (κ3) is 6.09. The van der Waals surface area contributed by atoms with Crippen molar-refractivity contribution in [2.75, 3.05) is 6.54 Å². The molecular weight excluding hydrogens is 226 g/mol. The lowest BCUT2D eigenvalue weighted by Crippen LogP contribution is -2.30. The number of rotatable bonds is 5. The Morgan fingerprint density at radius 1 is 1.39 bits per heavy atom.